The summed E-state index contributed by atoms with van der Waals surface area (Å²) in [6.45, 7) is 6.31. The van der Waals surface area contributed by atoms with Crippen molar-refractivity contribution >= 4 is 11.6 Å². The molecule has 0 saturated carbocycles. The molecule has 1 N–H and O–H groups in total. The molecule has 110 valence electrons. The van der Waals surface area contributed by atoms with Crippen molar-refractivity contribution in [3.63, 3.8) is 0 Å². The Morgan fingerprint density at radius 3 is 2.95 bits per heavy atom. The van der Waals surface area contributed by atoms with Crippen molar-refractivity contribution < 1.29 is 9.53 Å². The molecule has 1 fully saturated rings. The summed E-state index contributed by atoms with van der Waals surface area (Å²) >= 11 is 0. The highest BCUT2D eigenvalue weighted by atomic mass is 16.5. The van der Waals surface area contributed by atoms with Crippen molar-refractivity contribution in [2.75, 3.05) is 32.1 Å². The maximum atomic E-state index is 12.5. The SMILES string of the molecule is CCNc1ccc(C(=O)N2CCCC(C)(OC)C2)nc1. The molecule has 0 radical (unpaired) electrons. The highest BCUT2D eigenvalue weighted by molar-refractivity contribution is 5.92. The number of nitrogens with zero attached hydrogens (tertiary/aromatic N) is 2. The molecule has 0 aromatic carbocycles. The van der Waals surface area contributed by atoms with Crippen LogP contribution in [0.1, 0.15) is 37.2 Å². The summed E-state index contributed by atoms with van der Waals surface area (Å²) < 4.78 is 5.52. The largest absolute Gasteiger partial charge is 0.384 e. The van der Waals surface area contributed by atoms with Gasteiger partial charge in [-0.25, -0.2) is 4.98 Å². The Bertz CT molecular complexity index is 461. The second-order valence-electron chi connectivity index (χ2n) is 5.45. The first-order valence-electron chi connectivity index (χ1n) is 7.12. The Morgan fingerprint density at radius 2 is 2.35 bits per heavy atom. The highest BCUT2D eigenvalue weighted by Gasteiger charge is 2.33. The first-order chi connectivity index (χ1) is 9.58. The molecule has 20 heavy (non-hydrogen) atoms. The second-order valence-corrected chi connectivity index (χ2v) is 5.45. The van der Waals surface area contributed by atoms with Crippen molar-refractivity contribution in [2.24, 2.45) is 0 Å². The van der Waals surface area contributed by atoms with E-state index in [-0.39, 0.29) is 11.5 Å². The van der Waals surface area contributed by atoms with E-state index in [4.69, 9.17) is 4.74 Å². The van der Waals surface area contributed by atoms with Gasteiger partial charge in [0.15, 0.2) is 0 Å². The Morgan fingerprint density at radius 1 is 1.55 bits per heavy atom. The van der Waals surface area contributed by atoms with Gasteiger partial charge in [0.25, 0.3) is 5.91 Å². The number of piperidine rings is 1. The molecule has 1 aliphatic rings. The molecule has 1 aromatic heterocycles. The van der Waals surface area contributed by atoms with Crippen LogP contribution in [0.25, 0.3) is 0 Å². The number of carbonyl (C=O) groups is 1. The quantitative estimate of drug-likeness (QED) is 0.916. The smallest absolute Gasteiger partial charge is 0.272 e. The zero-order valence-corrected chi connectivity index (χ0v) is 12.5. The summed E-state index contributed by atoms with van der Waals surface area (Å²) in [6.07, 6.45) is 3.65. The van der Waals surface area contributed by atoms with Crippen LogP contribution in [0.4, 0.5) is 5.69 Å². The minimum absolute atomic E-state index is 0.0176. The fourth-order valence-corrected chi connectivity index (χ4v) is 2.54. The summed E-state index contributed by atoms with van der Waals surface area (Å²) in [5.41, 5.74) is 1.19. The van der Waals surface area contributed by atoms with E-state index in [2.05, 4.69) is 10.3 Å². The van der Waals surface area contributed by atoms with Gasteiger partial charge in [0.1, 0.15) is 5.69 Å². The lowest BCUT2D eigenvalue weighted by Gasteiger charge is -2.39. The first kappa shape index (κ1) is 14.8. The Labute approximate surface area is 120 Å². The van der Waals surface area contributed by atoms with Crippen molar-refractivity contribution in [3.8, 4) is 0 Å². The predicted molar refractivity (Wildman–Crippen MR) is 79.0 cm³/mol. The molecule has 1 saturated heterocycles. The van der Waals surface area contributed by atoms with E-state index in [1.54, 1.807) is 19.4 Å². The number of ether oxygens (including phenoxy) is 1. The van der Waals surface area contributed by atoms with Crippen molar-refractivity contribution in [1.82, 2.24) is 9.88 Å². The third-order valence-electron chi connectivity index (χ3n) is 3.80. The number of hydrogen-bond acceptors (Lipinski definition) is 4. The molecule has 5 nitrogen and oxygen atoms in total. The van der Waals surface area contributed by atoms with Gasteiger partial charge in [-0.1, -0.05) is 0 Å². The molecule has 5 heteroatoms. The molecule has 1 aliphatic heterocycles. The van der Waals surface area contributed by atoms with Gasteiger partial charge in [0, 0.05) is 26.7 Å². The van der Waals surface area contributed by atoms with Gasteiger partial charge in [-0.15, -0.1) is 0 Å². The topological polar surface area (TPSA) is 54.5 Å². The summed E-state index contributed by atoms with van der Waals surface area (Å²) in [7, 11) is 1.71. The maximum absolute atomic E-state index is 12.5. The van der Waals surface area contributed by atoms with Crippen LogP contribution in [0.2, 0.25) is 0 Å². The van der Waals surface area contributed by atoms with Crippen LogP contribution in [0.3, 0.4) is 0 Å². The van der Waals surface area contributed by atoms with Gasteiger partial charge in [-0.2, -0.15) is 0 Å². The molecule has 1 unspecified atom stereocenters. The third kappa shape index (κ3) is 3.28. The average Bonchev–Trinajstić information content (AvgIpc) is 2.48. The minimum atomic E-state index is -0.238. The van der Waals surface area contributed by atoms with E-state index < -0.39 is 0 Å². The summed E-state index contributed by atoms with van der Waals surface area (Å²) in [6, 6.07) is 3.67. The van der Waals surface area contributed by atoms with Crippen LogP contribution in [0.5, 0.6) is 0 Å². The second kappa shape index (κ2) is 6.22. The van der Waals surface area contributed by atoms with Gasteiger partial charge >= 0.3 is 0 Å². The molecule has 1 amide bonds. The summed E-state index contributed by atoms with van der Waals surface area (Å²) in [5, 5.41) is 3.17. The van der Waals surface area contributed by atoms with E-state index in [0.717, 1.165) is 31.6 Å². The maximum Gasteiger partial charge on any atom is 0.272 e. The zero-order valence-electron chi connectivity index (χ0n) is 12.5. The highest BCUT2D eigenvalue weighted by Crippen LogP contribution is 2.24. The number of amides is 1. The molecule has 1 aromatic rings. The monoisotopic (exact) mass is 277 g/mol. The molecule has 0 bridgehead atoms. The standard InChI is InChI=1S/C15H23N3O2/c1-4-16-12-6-7-13(17-10-12)14(19)18-9-5-8-15(2,11-18)20-3/h6-7,10,16H,4-5,8-9,11H2,1-3H3. The lowest BCUT2D eigenvalue weighted by atomic mass is 9.94. The number of likely N-dealkylation sites (tertiary alicyclic amines) is 1. The minimum Gasteiger partial charge on any atom is -0.384 e. The summed E-state index contributed by atoms with van der Waals surface area (Å²) in [5.74, 6) is -0.0176. The number of aromatic nitrogens is 1. The van der Waals surface area contributed by atoms with Gasteiger partial charge in [-0.3, -0.25) is 4.79 Å². The molecular weight excluding hydrogens is 254 g/mol. The van der Waals surface area contributed by atoms with Crippen LogP contribution >= 0.6 is 0 Å². The molecule has 0 aliphatic carbocycles. The van der Waals surface area contributed by atoms with E-state index >= 15 is 0 Å². The van der Waals surface area contributed by atoms with Gasteiger partial charge in [-0.05, 0) is 38.8 Å². The van der Waals surface area contributed by atoms with Crippen molar-refractivity contribution in [3.05, 3.63) is 24.0 Å². The number of carbonyl (C=O) groups excluding carboxylic acids is 1. The molecular formula is C15H23N3O2. The van der Waals surface area contributed by atoms with Crippen LogP contribution < -0.4 is 5.32 Å². The third-order valence-corrected chi connectivity index (χ3v) is 3.80. The van der Waals surface area contributed by atoms with Gasteiger partial charge in [0.05, 0.1) is 17.5 Å². The van der Waals surface area contributed by atoms with Crippen LogP contribution in [0.15, 0.2) is 18.3 Å². The molecule has 1 atom stereocenters. The number of hydrogen-bond donors (Lipinski definition) is 1. The lowest BCUT2D eigenvalue weighted by molar-refractivity contribution is -0.0441. The Balaban J connectivity index is 2.06. The lowest BCUT2D eigenvalue weighted by Crippen LogP contribution is -2.49. The van der Waals surface area contributed by atoms with Gasteiger partial charge in [0.2, 0.25) is 0 Å². The normalized spacial score (nSPS) is 22.6. The molecule has 0 spiro atoms. The van der Waals surface area contributed by atoms with E-state index in [1.807, 2.05) is 24.8 Å². The van der Waals surface area contributed by atoms with Crippen LogP contribution in [0, 0.1) is 0 Å². The number of rotatable bonds is 4. The first-order valence-corrected chi connectivity index (χ1v) is 7.12. The number of pyridine rings is 1. The van der Waals surface area contributed by atoms with Crippen molar-refractivity contribution in [1.29, 1.82) is 0 Å². The van der Waals surface area contributed by atoms with Crippen LogP contribution in [-0.4, -0.2) is 48.1 Å². The van der Waals surface area contributed by atoms with E-state index in [0.29, 0.717) is 12.2 Å². The van der Waals surface area contributed by atoms with Crippen LogP contribution in [-0.2, 0) is 4.74 Å². The Hall–Kier alpha value is -1.62. The number of methoxy groups -OCH3 is 1. The fraction of sp³-hybridized carbons (Fsp3) is 0.600. The summed E-state index contributed by atoms with van der Waals surface area (Å²) in [4.78, 5) is 18.5. The Kier molecular flexibility index (Phi) is 4.60. The zero-order chi connectivity index (χ0) is 14.6. The van der Waals surface area contributed by atoms with Crippen molar-refractivity contribution in [2.45, 2.75) is 32.3 Å². The molecule has 2 heterocycles. The van der Waals surface area contributed by atoms with Gasteiger partial charge < -0.3 is 15.0 Å². The molecule has 2 rings (SSSR count). The number of anilines is 1. The predicted octanol–water partition coefficient (Wildman–Crippen LogP) is 2.15. The average molecular weight is 277 g/mol. The van der Waals surface area contributed by atoms with E-state index in [1.165, 1.54) is 0 Å². The fourth-order valence-electron chi connectivity index (χ4n) is 2.54. The van der Waals surface area contributed by atoms with E-state index in [9.17, 15) is 4.79 Å². The number of nitrogens with one attached hydrogen (secondary N) is 1.